The van der Waals surface area contributed by atoms with Crippen LogP contribution < -0.4 is 10.6 Å². The number of benzene rings is 1. The van der Waals surface area contributed by atoms with Crippen molar-refractivity contribution in [1.82, 2.24) is 25.1 Å². The molecule has 0 fully saturated rings. The van der Waals surface area contributed by atoms with E-state index in [1.165, 1.54) is 0 Å². The lowest BCUT2D eigenvalue weighted by atomic mass is 10.1. The molecule has 4 aromatic rings. The van der Waals surface area contributed by atoms with Gasteiger partial charge in [-0.3, -0.25) is 14.9 Å². The number of nitrogens with zero attached hydrogens (tertiary/aromatic N) is 4. The molecule has 0 saturated carbocycles. The highest BCUT2D eigenvalue weighted by Crippen LogP contribution is 2.22. The van der Waals surface area contributed by atoms with Crippen molar-refractivity contribution in [2.45, 2.75) is 40.7 Å². The van der Waals surface area contributed by atoms with Crippen LogP contribution in [0.1, 0.15) is 54.0 Å². The van der Waals surface area contributed by atoms with Crippen molar-refractivity contribution in [3.8, 4) is 0 Å². The summed E-state index contributed by atoms with van der Waals surface area (Å²) in [4.78, 5) is 25.4. The molecule has 1 unspecified atom stereocenters. The Hall–Kier alpha value is -3.81. The predicted molar refractivity (Wildman–Crippen MR) is 123 cm³/mol. The van der Waals surface area contributed by atoms with E-state index in [9.17, 15) is 4.79 Å². The fourth-order valence-electron chi connectivity index (χ4n) is 3.05. The van der Waals surface area contributed by atoms with Crippen LogP contribution in [-0.2, 0) is 0 Å². The van der Waals surface area contributed by atoms with E-state index in [2.05, 4.69) is 35.8 Å². The second-order valence-electron chi connectivity index (χ2n) is 6.97. The zero-order valence-corrected chi connectivity index (χ0v) is 18.4. The Balaban J connectivity index is 0.00000132. The minimum Gasteiger partial charge on any atom is -0.362 e. The van der Waals surface area contributed by atoms with E-state index in [0.29, 0.717) is 17.0 Å². The highest BCUT2D eigenvalue weighted by atomic mass is 16.1. The van der Waals surface area contributed by atoms with Crippen LogP contribution in [0.25, 0.3) is 11.2 Å². The van der Waals surface area contributed by atoms with E-state index in [0.717, 1.165) is 28.0 Å². The number of fused-ring (bicyclic) bond motifs is 1. The molecule has 0 bridgehead atoms. The molecule has 8 nitrogen and oxygen atoms in total. The SMILES string of the molecule is CC.Cc1cncc(C(=O)Nc2cccc(C(C)Nc3cnc4n[nH]c(C)c4n3)c2)c1. The number of rotatable bonds is 5. The van der Waals surface area contributed by atoms with Gasteiger partial charge in [0.1, 0.15) is 11.3 Å². The Morgan fingerprint density at radius 3 is 2.68 bits per heavy atom. The number of carbonyl (C=O) groups is 1. The number of aryl methyl sites for hydroxylation is 2. The van der Waals surface area contributed by atoms with Gasteiger partial charge < -0.3 is 10.6 Å². The average Bonchev–Trinajstić information content (AvgIpc) is 3.15. The molecule has 3 N–H and O–H groups in total. The lowest BCUT2D eigenvalue weighted by Gasteiger charge is -2.16. The molecule has 0 aliphatic rings. The number of pyridine rings is 1. The topological polar surface area (TPSA) is 108 Å². The highest BCUT2D eigenvalue weighted by Gasteiger charge is 2.12. The van der Waals surface area contributed by atoms with Crippen molar-refractivity contribution in [2.75, 3.05) is 10.6 Å². The molecule has 31 heavy (non-hydrogen) atoms. The minimum absolute atomic E-state index is 0.0357. The van der Waals surface area contributed by atoms with E-state index < -0.39 is 0 Å². The molecule has 4 rings (SSSR count). The lowest BCUT2D eigenvalue weighted by molar-refractivity contribution is 0.102. The van der Waals surface area contributed by atoms with Crippen LogP contribution in [-0.4, -0.2) is 31.1 Å². The minimum atomic E-state index is -0.189. The Morgan fingerprint density at radius 2 is 1.90 bits per heavy atom. The summed E-state index contributed by atoms with van der Waals surface area (Å²) in [6.45, 7) is 9.84. The largest absolute Gasteiger partial charge is 0.362 e. The quantitative estimate of drug-likeness (QED) is 0.430. The van der Waals surface area contributed by atoms with Crippen LogP contribution in [0.5, 0.6) is 0 Å². The number of nitrogens with one attached hydrogen (secondary N) is 3. The summed E-state index contributed by atoms with van der Waals surface area (Å²) in [5.41, 5.74) is 5.41. The van der Waals surface area contributed by atoms with Crippen molar-refractivity contribution in [3.05, 3.63) is 71.3 Å². The van der Waals surface area contributed by atoms with Crippen LogP contribution in [0, 0.1) is 13.8 Å². The number of anilines is 2. The number of carbonyl (C=O) groups excluding carboxylic acids is 1. The normalized spacial score (nSPS) is 11.4. The molecule has 0 spiro atoms. The Morgan fingerprint density at radius 1 is 1.10 bits per heavy atom. The van der Waals surface area contributed by atoms with E-state index >= 15 is 0 Å². The van der Waals surface area contributed by atoms with Crippen molar-refractivity contribution < 1.29 is 4.79 Å². The Bertz CT molecular complexity index is 1190. The standard InChI is InChI=1S/C21H21N7O.C2H6/c1-12-7-16(10-22-9-12)21(29)25-17-6-4-5-15(8-17)13(2)24-18-11-23-20-19(26-18)14(3)27-28-20;1-2/h4-11,13H,1-3H3,(H,24,26)(H,25,29)(H,23,27,28);1-2H3. The first kappa shape index (κ1) is 21.9. The van der Waals surface area contributed by atoms with E-state index in [1.54, 1.807) is 18.6 Å². The summed E-state index contributed by atoms with van der Waals surface area (Å²) < 4.78 is 0. The van der Waals surface area contributed by atoms with Gasteiger partial charge in [-0.2, -0.15) is 5.10 Å². The molecule has 1 amide bonds. The fraction of sp³-hybridized carbons (Fsp3) is 0.261. The number of H-pyrrole nitrogens is 1. The van der Waals surface area contributed by atoms with Crippen molar-refractivity contribution in [3.63, 3.8) is 0 Å². The second-order valence-corrected chi connectivity index (χ2v) is 6.97. The van der Waals surface area contributed by atoms with Gasteiger partial charge >= 0.3 is 0 Å². The highest BCUT2D eigenvalue weighted by molar-refractivity contribution is 6.04. The van der Waals surface area contributed by atoms with Gasteiger partial charge in [-0.25, -0.2) is 9.97 Å². The number of amides is 1. The molecule has 0 aliphatic carbocycles. The van der Waals surface area contributed by atoms with Crippen LogP contribution in [0.15, 0.2) is 48.9 Å². The zero-order valence-electron chi connectivity index (χ0n) is 18.4. The van der Waals surface area contributed by atoms with Gasteiger partial charge in [0.05, 0.1) is 23.5 Å². The van der Waals surface area contributed by atoms with Gasteiger partial charge in [0.15, 0.2) is 5.65 Å². The first-order chi connectivity index (χ1) is 15.0. The van der Waals surface area contributed by atoms with E-state index in [1.807, 2.05) is 65.0 Å². The fourth-order valence-corrected chi connectivity index (χ4v) is 3.05. The summed E-state index contributed by atoms with van der Waals surface area (Å²) in [6.07, 6.45) is 4.94. The molecule has 3 aromatic heterocycles. The molecular formula is C23H27N7O. The predicted octanol–water partition coefficient (Wildman–Crippen LogP) is 4.82. The summed E-state index contributed by atoms with van der Waals surface area (Å²) in [7, 11) is 0. The lowest BCUT2D eigenvalue weighted by Crippen LogP contribution is -2.13. The third kappa shape index (κ3) is 5.22. The van der Waals surface area contributed by atoms with Crippen molar-refractivity contribution in [1.29, 1.82) is 0 Å². The first-order valence-corrected chi connectivity index (χ1v) is 10.3. The van der Waals surface area contributed by atoms with Gasteiger partial charge in [-0.1, -0.05) is 26.0 Å². The molecule has 1 aromatic carbocycles. The molecule has 0 saturated heterocycles. The number of hydrogen-bond donors (Lipinski definition) is 3. The summed E-state index contributed by atoms with van der Waals surface area (Å²) in [5.74, 6) is 0.473. The third-order valence-corrected chi connectivity index (χ3v) is 4.58. The van der Waals surface area contributed by atoms with E-state index in [-0.39, 0.29) is 11.9 Å². The van der Waals surface area contributed by atoms with Crippen LogP contribution in [0.2, 0.25) is 0 Å². The van der Waals surface area contributed by atoms with Crippen LogP contribution in [0.3, 0.4) is 0 Å². The smallest absolute Gasteiger partial charge is 0.257 e. The van der Waals surface area contributed by atoms with Gasteiger partial charge in [-0.15, -0.1) is 0 Å². The summed E-state index contributed by atoms with van der Waals surface area (Å²) >= 11 is 0. The number of hydrogen-bond acceptors (Lipinski definition) is 6. The first-order valence-electron chi connectivity index (χ1n) is 10.3. The summed E-state index contributed by atoms with van der Waals surface area (Å²) in [6, 6.07) is 9.48. The second kappa shape index (κ2) is 9.80. The monoisotopic (exact) mass is 417 g/mol. The summed E-state index contributed by atoms with van der Waals surface area (Å²) in [5, 5.41) is 13.3. The molecule has 1 atom stereocenters. The number of aromatic amines is 1. The van der Waals surface area contributed by atoms with Crippen LogP contribution >= 0.6 is 0 Å². The number of aromatic nitrogens is 5. The molecule has 8 heteroatoms. The van der Waals surface area contributed by atoms with Gasteiger partial charge in [0.2, 0.25) is 0 Å². The van der Waals surface area contributed by atoms with Gasteiger partial charge in [0, 0.05) is 18.1 Å². The maximum atomic E-state index is 12.5. The van der Waals surface area contributed by atoms with Crippen LogP contribution in [0.4, 0.5) is 11.5 Å². The molecule has 160 valence electrons. The average molecular weight is 418 g/mol. The van der Waals surface area contributed by atoms with E-state index in [4.69, 9.17) is 0 Å². The third-order valence-electron chi connectivity index (χ3n) is 4.58. The zero-order chi connectivity index (χ0) is 22.4. The van der Waals surface area contributed by atoms with Gasteiger partial charge in [-0.05, 0) is 50.1 Å². The molecule has 0 aliphatic heterocycles. The molecule has 3 heterocycles. The maximum Gasteiger partial charge on any atom is 0.257 e. The Labute approximate surface area is 181 Å². The molecular weight excluding hydrogens is 390 g/mol. The Kier molecular flexibility index (Phi) is 6.92. The van der Waals surface area contributed by atoms with Gasteiger partial charge in [0.25, 0.3) is 5.91 Å². The van der Waals surface area contributed by atoms with Crippen molar-refractivity contribution in [2.24, 2.45) is 0 Å². The van der Waals surface area contributed by atoms with Crippen molar-refractivity contribution >= 4 is 28.6 Å². The molecule has 0 radical (unpaired) electrons. The maximum absolute atomic E-state index is 12.5.